The van der Waals surface area contributed by atoms with Gasteiger partial charge >= 0.3 is 0 Å². The molecule has 1 aliphatic heterocycles. The molecule has 0 bridgehead atoms. The molecule has 154 valence electrons. The van der Waals surface area contributed by atoms with Crippen molar-refractivity contribution in [1.82, 2.24) is 14.7 Å². The summed E-state index contributed by atoms with van der Waals surface area (Å²) in [6, 6.07) is 15.1. The van der Waals surface area contributed by atoms with E-state index in [-0.39, 0.29) is 6.79 Å². The summed E-state index contributed by atoms with van der Waals surface area (Å²) in [5.41, 5.74) is 3.26. The number of carbonyl (C=O) groups excluding carboxylic acids is 2. The monoisotopic (exact) mass is 405 g/mol. The summed E-state index contributed by atoms with van der Waals surface area (Å²) in [5.74, 6) is 0.241. The van der Waals surface area contributed by atoms with Crippen LogP contribution in [0.5, 0.6) is 11.5 Å². The van der Waals surface area contributed by atoms with E-state index in [9.17, 15) is 9.59 Å². The fourth-order valence-corrected chi connectivity index (χ4v) is 3.63. The van der Waals surface area contributed by atoms with Crippen LogP contribution in [0.3, 0.4) is 0 Å². The van der Waals surface area contributed by atoms with Crippen molar-refractivity contribution in [2.75, 3.05) is 13.3 Å². The van der Waals surface area contributed by atoms with Gasteiger partial charge < -0.3 is 14.4 Å². The first kappa shape index (κ1) is 19.7. The molecule has 1 amide bonds. The van der Waals surface area contributed by atoms with Gasteiger partial charge in [0.2, 0.25) is 6.79 Å². The van der Waals surface area contributed by atoms with Crippen LogP contribution < -0.4 is 9.47 Å². The van der Waals surface area contributed by atoms with Gasteiger partial charge in [-0.05, 0) is 50.6 Å². The van der Waals surface area contributed by atoms with E-state index in [1.165, 1.54) is 4.90 Å². The Bertz CT molecular complexity index is 1110. The average molecular weight is 405 g/mol. The van der Waals surface area contributed by atoms with Gasteiger partial charge in [-0.3, -0.25) is 9.59 Å². The SMILES string of the molecule is CCN(Cc1ccc2c(c1)OCO2)C(=O)C(=O)c1c(C)nn(-c2ccccc2)c1C. The topological polar surface area (TPSA) is 73.7 Å². The Labute approximate surface area is 174 Å². The highest BCUT2D eigenvalue weighted by Gasteiger charge is 2.28. The fourth-order valence-electron chi connectivity index (χ4n) is 3.63. The van der Waals surface area contributed by atoms with E-state index in [1.807, 2.05) is 62.4 Å². The number of ketones is 1. The van der Waals surface area contributed by atoms with E-state index in [2.05, 4.69) is 5.10 Å². The van der Waals surface area contributed by atoms with Crippen molar-refractivity contribution in [1.29, 1.82) is 0 Å². The first-order valence-corrected chi connectivity index (χ1v) is 9.83. The van der Waals surface area contributed by atoms with Crippen molar-refractivity contribution in [3.8, 4) is 17.2 Å². The minimum atomic E-state index is -0.547. The molecule has 1 aromatic heterocycles. The Morgan fingerprint density at radius 3 is 2.53 bits per heavy atom. The zero-order chi connectivity index (χ0) is 21.3. The molecule has 0 N–H and O–H groups in total. The maximum atomic E-state index is 13.1. The Morgan fingerprint density at radius 1 is 1.07 bits per heavy atom. The molecule has 2 heterocycles. The number of ether oxygens (including phenoxy) is 2. The fraction of sp³-hybridized carbons (Fsp3) is 0.261. The number of fused-ring (bicyclic) bond motifs is 1. The lowest BCUT2D eigenvalue weighted by Gasteiger charge is -2.20. The minimum absolute atomic E-state index is 0.192. The highest BCUT2D eigenvalue weighted by atomic mass is 16.7. The van der Waals surface area contributed by atoms with Crippen LogP contribution in [0.1, 0.15) is 34.2 Å². The van der Waals surface area contributed by atoms with Gasteiger partial charge in [0.05, 0.1) is 22.6 Å². The Kier molecular flexibility index (Phi) is 5.27. The molecular weight excluding hydrogens is 382 g/mol. The highest BCUT2D eigenvalue weighted by molar-refractivity contribution is 6.43. The quantitative estimate of drug-likeness (QED) is 0.464. The molecular formula is C23H23N3O4. The van der Waals surface area contributed by atoms with E-state index >= 15 is 0 Å². The van der Waals surface area contributed by atoms with Gasteiger partial charge in [0, 0.05) is 13.1 Å². The molecule has 3 aromatic rings. The second-order valence-corrected chi connectivity index (χ2v) is 7.13. The van der Waals surface area contributed by atoms with Crippen molar-refractivity contribution < 1.29 is 19.1 Å². The van der Waals surface area contributed by atoms with Crippen LogP contribution >= 0.6 is 0 Å². The van der Waals surface area contributed by atoms with Crippen LogP contribution in [0.4, 0.5) is 0 Å². The van der Waals surface area contributed by atoms with Gasteiger partial charge in [-0.1, -0.05) is 24.3 Å². The van der Waals surface area contributed by atoms with Gasteiger partial charge in [0.1, 0.15) is 0 Å². The Morgan fingerprint density at radius 2 is 1.80 bits per heavy atom. The molecule has 2 aromatic carbocycles. The zero-order valence-electron chi connectivity index (χ0n) is 17.2. The first-order chi connectivity index (χ1) is 14.5. The van der Waals surface area contributed by atoms with Crippen LogP contribution in [0.2, 0.25) is 0 Å². The molecule has 4 rings (SSSR count). The van der Waals surface area contributed by atoms with Crippen molar-refractivity contribution in [2.45, 2.75) is 27.3 Å². The summed E-state index contributed by atoms with van der Waals surface area (Å²) >= 11 is 0. The number of rotatable bonds is 6. The number of hydrogen-bond donors (Lipinski definition) is 0. The summed E-state index contributed by atoms with van der Waals surface area (Å²) in [7, 11) is 0. The van der Waals surface area contributed by atoms with Gasteiger partial charge in [-0.25, -0.2) is 4.68 Å². The average Bonchev–Trinajstić information content (AvgIpc) is 3.35. The summed E-state index contributed by atoms with van der Waals surface area (Å²) in [6.45, 7) is 6.32. The second-order valence-electron chi connectivity index (χ2n) is 7.13. The molecule has 0 saturated heterocycles. The van der Waals surface area contributed by atoms with Gasteiger partial charge in [0.25, 0.3) is 11.7 Å². The normalized spacial score (nSPS) is 12.1. The summed E-state index contributed by atoms with van der Waals surface area (Å²) in [5, 5.41) is 4.49. The van der Waals surface area contributed by atoms with E-state index < -0.39 is 11.7 Å². The predicted molar refractivity (Wildman–Crippen MR) is 111 cm³/mol. The van der Waals surface area contributed by atoms with Gasteiger partial charge in [-0.2, -0.15) is 5.10 Å². The number of Topliss-reactive ketones (excluding diaryl/α,β-unsaturated/α-hetero) is 1. The molecule has 0 atom stereocenters. The summed E-state index contributed by atoms with van der Waals surface area (Å²) in [6.07, 6.45) is 0. The van der Waals surface area contributed by atoms with E-state index in [4.69, 9.17) is 9.47 Å². The molecule has 7 heteroatoms. The van der Waals surface area contributed by atoms with E-state index in [0.29, 0.717) is 41.5 Å². The molecule has 0 spiro atoms. The van der Waals surface area contributed by atoms with Gasteiger partial charge in [-0.15, -0.1) is 0 Å². The Hall–Kier alpha value is -3.61. The minimum Gasteiger partial charge on any atom is -0.454 e. The van der Waals surface area contributed by atoms with Crippen LogP contribution in [-0.4, -0.2) is 39.7 Å². The summed E-state index contributed by atoms with van der Waals surface area (Å²) < 4.78 is 12.4. The lowest BCUT2D eigenvalue weighted by Crippen LogP contribution is -2.36. The lowest BCUT2D eigenvalue weighted by atomic mass is 10.1. The Balaban J connectivity index is 1.58. The molecule has 30 heavy (non-hydrogen) atoms. The third-order valence-corrected chi connectivity index (χ3v) is 5.19. The van der Waals surface area contributed by atoms with E-state index in [0.717, 1.165) is 11.3 Å². The molecule has 0 radical (unpaired) electrons. The molecule has 7 nitrogen and oxygen atoms in total. The van der Waals surface area contributed by atoms with Crippen LogP contribution in [0, 0.1) is 13.8 Å². The first-order valence-electron chi connectivity index (χ1n) is 9.83. The van der Waals surface area contributed by atoms with Crippen molar-refractivity contribution >= 4 is 11.7 Å². The standard InChI is InChI=1S/C23H23N3O4/c1-4-25(13-17-10-11-19-20(12-17)30-14-29-19)23(28)22(27)21-15(2)24-26(16(21)3)18-8-6-5-7-9-18/h5-12H,4,13-14H2,1-3H3. The van der Waals surface area contributed by atoms with Crippen molar-refractivity contribution in [3.05, 3.63) is 71.0 Å². The number of likely N-dealkylation sites (N-methyl/N-ethyl adjacent to an activating group) is 1. The smallest absolute Gasteiger partial charge is 0.295 e. The highest BCUT2D eigenvalue weighted by Crippen LogP contribution is 2.33. The molecule has 0 unspecified atom stereocenters. The zero-order valence-corrected chi connectivity index (χ0v) is 17.2. The third-order valence-electron chi connectivity index (χ3n) is 5.19. The molecule has 1 aliphatic rings. The van der Waals surface area contributed by atoms with Crippen molar-refractivity contribution in [2.24, 2.45) is 0 Å². The summed E-state index contributed by atoms with van der Waals surface area (Å²) in [4.78, 5) is 27.7. The van der Waals surface area contributed by atoms with Crippen molar-refractivity contribution in [3.63, 3.8) is 0 Å². The van der Waals surface area contributed by atoms with Crippen LogP contribution in [-0.2, 0) is 11.3 Å². The number of aryl methyl sites for hydroxylation is 1. The van der Waals surface area contributed by atoms with Crippen LogP contribution in [0.25, 0.3) is 5.69 Å². The van der Waals surface area contributed by atoms with E-state index in [1.54, 1.807) is 11.6 Å². The number of benzene rings is 2. The maximum absolute atomic E-state index is 13.1. The number of nitrogens with zero attached hydrogens (tertiary/aromatic N) is 3. The number of carbonyl (C=O) groups is 2. The second kappa shape index (κ2) is 8.02. The molecule has 0 fully saturated rings. The number of aromatic nitrogens is 2. The third kappa shape index (κ3) is 3.54. The molecule has 0 aliphatic carbocycles. The number of para-hydroxylation sites is 1. The lowest BCUT2D eigenvalue weighted by molar-refractivity contribution is -0.126. The number of hydrogen-bond acceptors (Lipinski definition) is 5. The number of amides is 1. The maximum Gasteiger partial charge on any atom is 0.295 e. The largest absolute Gasteiger partial charge is 0.454 e. The van der Waals surface area contributed by atoms with Gasteiger partial charge in [0.15, 0.2) is 11.5 Å². The van der Waals surface area contributed by atoms with Crippen LogP contribution in [0.15, 0.2) is 48.5 Å². The predicted octanol–water partition coefficient (Wildman–Crippen LogP) is 3.45. The molecule has 0 saturated carbocycles.